The second-order valence-electron chi connectivity index (χ2n) is 5.57. The van der Waals surface area contributed by atoms with Gasteiger partial charge in [0.2, 0.25) is 10.0 Å². The maximum Gasteiger partial charge on any atom is 0.240 e. The predicted molar refractivity (Wildman–Crippen MR) is 86.5 cm³/mol. The third kappa shape index (κ3) is 4.11. The van der Waals surface area contributed by atoms with Gasteiger partial charge in [0.15, 0.2) is 0 Å². The van der Waals surface area contributed by atoms with Crippen molar-refractivity contribution in [3.05, 3.63) is 47.3 Å². The minimum Gasteiger partial charge on any atom is -0.491 e. The fourth-order valence-electron chi connectivity index (χ4n) is 2.19. The summed E-state index contributed by atoms with van der Waals surface area (Å²) in [4.78, 5) is 3.39. The first-order chi connectivity index (χ1) is 10.3. The lowest BCUT2D eigenvalue weighted by atomic mass is 10.2. The van der Waals surface area contributed by atoms with E-state index in [2.05, 4.69) is 9.71 Å². The number of hydrogen-bond donors (Lipinski definition) is 2. The Morgan fingerprint density at radius 2 is 1.82 bits per heavy atom. The van der Waals surface area contributed by atoms with Crippen LogP contribution in [0.2, 0.25) is 0 Å². The Balaban J connectivity index is 2.08. The molecule has 1 aromatic heterocycles. The van der Waals surface area contributed by atoms with Crippen molar-refractivity contribution >= 4 is 10.0 Å². The molecule has 0 fully saturated rings. The van der Waals surface area contributed by atoms with Crippen LogP contribution >= 0.6 is 0 Å². The second-order valence-corrected chi connectivity index (χ2v) is 7.33. The van der Waals surface area contributed by atoms with E-state index in [4.69, 9.17) is 4.74 Å². The molecule has 2 rings (SSSR count). The van der Waals surface area contributed by atoms with Gasteiger partial charge in [-0.1, -0.05) is 0 Å². The number of sulfonamides is 1. The molecule has 1 heterocycles. The van der Waals surface area contributed by atoms with Crippen LogP contribution in [0, 0.1) is 13.8 Å². The molecule has 0 aliphatic carbocycles. The third-order valence-corrected chi connectivity index (χ3v) is 4.63. The highest BCUT2D eigenvalue weighted by Crippen LogP contribution is 2.18. The van der Waals surface area contributed by atoms with Gasteiger partial charge in [0.25, 0.3) is 0 Å². The Morgan fingerprint density at radius 1 is 1.18 bits per heavy atom. The molecule has 0 unspecified atom stereocenters. The number of aromatic amines is 1. The first-order valence-electron chi connectivity index (χ1n) is 7.19. The van der Waals surface area contributed by atoms with E-state index in [1.165, 1.54) is 0 Å². The molecular weight excluding hydrogens is 300 g/mol. The largest absolute Gasteiger partial charge is 0.491 e. The van der Waals surface area contributed by atoms with Crippen LogP contribution in [0.25, 0.3) is 0 Å². The van der Waals surface area contributed by atoms with Gasteiger partial charge < -0.3 is 9.72 Å². The van der Waals surface area contributed by atoms with Crippen LogP contribution in [-0.4, -0.2) is 19.5 Å². The minimum atomic E-state index is -3.53. The molecule has 0 saturated carbocycles. The molecule has 6 heteroatoms. The molecule has 1 aromatic carbocycles. The van der Waals surface area contributed by atoms with Crippen molar-refractivity contribution in [1.82, 2.24) is 9.71 Å². The van der Waals surface area contributed by atoms with Gasteiger partial charge in [-0.2, -0.15) is 0 Å². The molecule has 5 nitrogen and oxygen atoms in total. The number of hydrogen-bond acceptors (Lipinski definition) is 3. The van der Waals surface area contributed by atoms with Crippen molar-refractivity contribution in [2.45, 2.75) is 45.2 Å². The average molecular weight is 322 g/mol. The Hall–Kier alpha value is -1.79. The van der Waals surface area contributed by atoms with Crippen molar-refractivity contribution in [3.63, 3.8) is 0 Å². The molecular formula is C16H22N2O3S. The van der Waals surface area contributed by atoms with Gasteiger partial charge in [-0.3, -0.25) is 0 Å². The fourth-order valence-corrected chi connectivity index (χ4v) is 3.20. The Bertz CT molecular complexity index is 731. The van der Waals surface area contributed by atoms with Gasteiger partial charge in [0.05, 0.1) is 11.0 Å². The summed E-state index contributed by atoms with van der Waals surface area (Å²) < 4.78 is 32.7. The highest BCUT2D eigenvalue weighted by atomic mass is 32.2. The number of nitrogens with one attached hydrogen (secondary N) is 2. The van der Waals surface area contributed by atoms with Gasteiger partial charge in [-0.15, -0.1) is 0 Å². The van der Waals surface area contributed by atoms with E-state index in [1.54, 1.807) is 24.3 Å². The van der Waals surface area contributed by atoms with Gasteiger partial charge in [-0.05, 0) is 63.6 Å². The zero-order valence-electron chi connectivity index (χ0n) is 13.3. The lowest BCUT2D eigenvalue weighted by molar-refractivity contribution is 0.242. The van der Waals surface area contributed by atoms with Crippen LogP contribution < -0.4 is 9.46 Å². The summed E-state index contributed by atoms with van der Waals surface area (Å²) in [6.45, 7) is 7.98. The quantitative estimate of drug-likeness (QED) is 0.859. The van der Waals surface area contributed by atoms with Gasteiger partial charge in [0.1, 0.15) is 5.75 Å². The predicted octanol–water partition coefficient (Wildman–Crippen LogP) is 2.90. The summed E-state index contributed by atoms with van der Waals surface area (Å²) in [6.07, 6.45) is 0.0559. The molecule has 0 bridgehead atoms. The Morgan fingerprint density at radius 3 is 2.32 bits per heavy atom. The number of ether oxygens (including phenoxy) is 1. The van der Waals surface area contributed by atoms with Crippen LogP contribution in [0.4, 0.5) is 0 Å². The van der Waals surface area contributed by atoms with Crippen LogP contribution in [0.1, 0.15) is 30.8 Å². The Kier molecular flexibility index (Phi) is 4.93. The van der Waals surface area contributed by atoms with Gasteiger partial charge >= 0.3 is 0 Å². The highest BCUT2D eigenvalue weighted by molar-refractivity contribution is 7.89. The van der Waals surface area contributed by atoms with E-state index in [9.17, 15) is 8.42 Å². The fraction of sp³-hybridized carbons (Fsp3) is 0.375. The molecule has 0 saturated heterocycles. The molecule has 2 aromatic rings. The van der Waals surface area contributed by atoms with Crippen molar-refractivity contribution in [1.29, 1.82) is 0 Å². The van der Waals surface area contributed by atoms with Gasteiger partial charge in [-0.25, -0.2) is 13.1 Å². The van der Waals surface area contributed by atoms with Crippen LogP contribution in [0.15, 0.2) is 35.2 Å². The summed E-state index contributed by atoms with van der Waals surface area (Å²) in [5.41, 5.74) is 2.93. The third-order valence-electron chi connectivity index (χ3n) is 3.22. The van der Waals surface area contributed by atoms with E-state index in [-0.39, 0.29) is 17.5 Å². The first-order valence-corrected chi connectivity index (χ1v) is 8.68. The van der Waals surface area contributed by atoms with Crippen molar-refractivity contribution < 1.29 is 13.2 Å². The van der Waals surface area contributed by atoms with Crippen molar-refractivity contribution in [3.8, 4) is 5.75 Å². The summed E-state index contributed by atoms with van der Waals surface area (Å²) >= 11 is 0. The SMILES string of the molecule is Cc1cc(CNS(=O)(=O)c2ccc(OC(C)C)cc2)c(C)[nH]1. The van der Waals surface area contributed by atoms with Crippen LogP contribution in [0.5, 0.6) is 5.75 Å². The Labute approximate surface area is 131 Å². The second kappa shape index (κ2) is 6.54. The molecule has 22 heavy (non-hydrogen) atoms. The highest BCUT2D eigenvalue weighted by Gasteiger charge is 2.15. The molecule has 120 valence electrons. The summed E-state index contributed by atoms with van der Waals surface area (Å²) in [5.74, 6) is 0.658. The molecule has 0 radical (unpaired) electrons. The van der Waals surface area contributed by atoms with E-state index in [1.807, 2.05) is 33.8 Å². The van der Waals surface area contributed by atoms with Crippen LogP contribution in [0.3, 0.4) is 0 Å². The van der Waals surface area contributed by atoms with E-state index in [0.717, 1.165) is 17.0 Å². The average Bonchev–Trinajstić information content (AvgIpc) is 2.75. The topological polar surface area (TPSA) is 71.2 Å². The number of benzene rings is 1. The minimum absolute atomic E-state index is 0.0559. The molecule has 2 N–H and O–H groups in total. The van der Waals surface area contributed by atoms with E-state index < -0.39 is 10.0 Å². The molecule has 0 amide bonds. The van der Waals surface area contributed by atoms with Gasteiger partial charge in [0, 0.05) is 17.9 Å². The summed E-state index contributed by atoms with van der Waals surface area (Å²) in [7, 11) is -3.53. The monoisotopic (exact) mass is 322 g/mol. The van der Waals surface area contributed by atoms with Crippen LogP contribution in [-0.2, 0) is 16.6 Å². The summed E-state index contributed by atoms with van der Waals surface area (Å²) in [5, 5.41) is 0. The zero-order valence-corrected chi connectivity index (χ0v) is 14.1. The van der Waals surface area contributed by atoms with Crippen molar-refractivity contribution in [2.75, 3.05) is 0 Å². The molecule has 0 spiro atoms. The maximum absolute atomic E-state index is 12.3. The maximum atomic E-state index is 12.3. The zero-order chi connectivity index (χ0) is 16.3. The van der Waals surface area contributed by atoms with E-state index in [0.29, 0.717) is 5.75 Å². The lowest BCUT2D eigenvalue weighted by Gasteiger charge is -2.11. The number of aryl methyl sites for hydroxylation is 2. The van der Waals surface area contributed by atoms with E-state index >= 15 is 0 Å². The molecule has 0 aliphatic rings. The van der Waals surface area contributed by atoms with Crippen molar-refractivity contribution in [2.24, 2.45) is 0 Å². The standard InChI is InChI=1S/C16H22N2O3S/c1-11(2)21-15-5-7-16(8-6-15)22(19,20)17-10-14-9-12(3)18-13(14)4/h5-9,11,17-18H,10H2,1-4H3. The lowest BCUT2D eigenvalue weighted by Crippen LogP contribution is -2.23. The smallest absolute Gasteiger partial charge is 0.240 e. The molecule has 0 aliphatic heterocycles. The number of rotatable bonds is 6. The normalized spacial score (nSPS) is 11.9. The number of H-pyrrole nitrogens is 1. The summed E-state index contributed by atoms with van der Waals surface area (Å²) in [6, 6.07) is 8.38. The number of aromatic nitrogens is 1. The molecule has 0 atom stereocenters. The first kappa shape index (κ1) is 16.6.